The Bertz CT molecular complexity index is 1610. The SMILES string of the molecule is CCN(C)C(=O)c1ccc(NC2=NC(c3cccc(N4CCc5cc(C6CC6)ccc5C4=O)c3CO)CN(C)C2=O)cc1. The highest BCUT2D eigenvalue weighted by atomic mass is 16.3. The standard InChI is InChI=1S/C34H37N5O4/c1-4-37(2)32(41)22-10-13-25(14-11-22)35-31-34(43)38(3)19-29(36-31)27-6-5-7-30(28(27)20-40)39-17-16-24-18-23(21-8-9-21)12-15-26(24)33(39)42/h5-7,10-15,18,21,29,40H,4,8-9,16-17,19-20H2,1-3H3,(H,35,36). The Morgan fingerprint density at radius 2 is 1.84 bits per heavy atom. The van der Waals surface area contributed by atoms with Crippen LogP contribution in [0.4, 0.5) is 11.4 Å². The van der Waals surface area contributed by atoms with E-state index in [1.807, 2.05) is 31.2 Å². The van der Waals surface area contributed by atoms with Gasteiger partial charge >= 0.3 is 0 Å². The molecule has 0 spiro atoms. The van der Waals surface area contributed by atoms with Gasteiger partial charge in [-0.15, -0.1) is 0 Å². The summed E-state index contributed by atoms with van der Waals surface area (Å²) >= 11 is 0. The van der Waals surface area contributed by atoms with Gasteiger partial charge in [-0.2, -0.15) is 0 Å². The zero-order chi connectivity index (χ0) is 30.2. The van der Waals surface area contributed by atoms with Crippen LogP contribution in [0.1, 0.15) is 74.7 Å². The number of aliphatic imine (C=N–C) groups is 1. The number of fused-ring (bicyclic) bond motifs is 1. The van der Waals surface area contributed by atoms with Gasteiger partial charge in [-0.05, 0) is 85.2 Å². The van der Waals surface area contributed by atoms with Crippen molar-refractivity contribution in [1.82, 2.24) is 9.80 Å². The highest BCUT2D eigenvalue weighted by molar-refractivity contribution is 6.42. The second kappa shape index (κ2) is 11.6. The number of nitrogens with one attached hydrogen (secondary N) is 1. The Hall–Kier alpha value is -4.50. The highest BCUT2D eigenvalue weighted by Crippen LogP contribution is 2.41. The van der Waals surface area contributed by atoms with Gasteiger partial charge in [0.2, 0.25) is 0 Å². The Kier molecular flexibility index (Phi) is 7.75. The van der Waals surface area contributed by atoms with Crippen LogP contribution in [0.25, 0.3) is 0 Å². The molecule has 2 aliphatic heterocycles. The largest absolute Gasteiger partial charge is 0.392 e. The third-order valence-electron chi connectivity index (χ3n) is 8.75. The highest BCUT2D eigenvalue weighted by Gasteiger charge is 2.33. The van der Waals surface area contributed by atoms with Crippen LogP contribution in [-0.2, 0) is 17.8 Å². The van der Waals surface area contributed by atoms with E-state index in [1.54, 1.807) is 53.1 Å². The molecular weight excluding hydrogens is 542 g/mol. The molecule has 2 N–H and O–H groups in total. The first kappa shape index (κ1) is 28.6. The molecule has 43 heavy (non-hydrogen) atoms. The minimum Gasteiger partial charge on any atom is -0.392 e. The summed E-state index contributed by atoms with van der Waals surface area (Å²) in [5, 5.41) is 13.7. The van der Waals surface area contributed by atoms with Crippen molar-refractivity contribution >= 4 is 34.9 Å². The van der Waals surface area contributed by atoms with Gasteiger partial charge in [-0.3, -0.25) is 19.4 Å². The normalized spacial score (nSPS) is 18.3. The van der Waals surface area contributed by atoms with E-state index in [2.05, 4.69) is 17.4 Å². The summed E-state index contributed by atoms with van der Waals surface area (Å²) in [4.78, 5) is 49.0. The lowest BCUT2D eigenvalue weighted by Crippen LogP contribution is -2.44. The first-order valence-corrected chi connectivity index (χ1v) is 14.9. The molecule has 3 aliphatic rings. The molecule has 1 atom stereocenters. The van der Waals surface area contributed by atoms with Crippen molar-refractivity contribution < 1.29 is 19.5 Å². The molecule has 1 saturated carbocycles. The van der Waals surface area contributed by atoms with Crippen molar-refractivity contribution in [3.05, 3.63) is 94.0 Å². The fraction of sp³-hybridized carbons (Fsp3) is 0.353. The third-order valence-corrected chi connectivity index (χ3v) is 8.75. The molecule has 3 aromatic carbocycles. The topological polar surface area (TPSA) is 106 Å². The van der Waals surface area contributed by atoms with E-state index in [0.717, 1.165) is 17.5 Å². The van der Waals surface area contributed by atoms with E-state index in [1.165, 1.54) is 18.4 Å². The van der Waals surface area contributed by atoms with Gasteiger partial charge in [-0.25, -0.2) is 0 Å². The smallest absolute Gasteiger partial charge is 0.289 e. The zero-order valence-corrected chi connectivity index (χ0v) is 24.8. The maximum Gasteiger partial charge on any atom is 0.289 e. The van der Waals surface area contributed by atoms with E-state index in [9.17, 15) is 19.5 Å². The second-order valence-electron chi connectivity index (χ2n) is 11.6. The molecule has 6 rings (SSSR count). The van der Waals surface area contributed by atoms with Crippen LogP contribution in [0.3, 0.4) is 0 Å². The lowest BCUT2D eigenvalue weighted by Gasteiger charge is -2.33. The molecule has 2 heterocycles. The monoisotopic (exact) mass is 579 g/mol. The predicted molar refractivity (Wildman–Crippen MR) is 167 cm³/mol. The average molecular weight is 580 g/mol. The molecule has 1 fully saturated rings. The number of carbonyl (C=O) groups is 3. The number of hydrogen-bond donors (Lipinski definition) is 2. The first-order chi connectivity index (χ1) is 20.8. The molecule has 3 aromatic rings. The molecule has 0 bridgehead atoms. The number of likely N-dealkylation sites (N-methyl/N-ethyl adjacent to an activating group) is 1. The summed E-state index contributed by atoms with van der Waals surface area (Å²) in [5.74, 6) is 0.414. The van der Waals surface area contributed by atoms with Gasteiger partial charge in [0, 0.05) is 61.8 Å². The molecule has 0 saturated heterocycles. The predicted octanol–water partition coefficient (Wildman–Crippen LogP) is 4.37. The van der Waals surface area contributed by atoms with Gasteiger partial charge in [0.1, 0.15) is 0 Å². The fourth-order valence-electron chi connectivity index (χ4n) is 5.96. The Morgan fingerprint density at radius 1 is 1.07 bits per heavy atom. The van der Waals surface area contributed by atoms with E-state index in [4.69, 9.17) is 4.99 Å². The van der Waals surface area contributed by atoms with Crippen LogP contribution in [0.15, 0.2) is 65.7 Å². The Balaban J connectivity index is 1.27. The minimum atomic E-state index is -0.445. The van der Waals surface area contributed by atoms with Gasteiger partial charge < -0.3 is 25.1 Å². The van der Waals surface area contributed by atoms with Crippen LogP contribution >= 0.6 is 0 Å². The number of aliphatic hydroxyl groups excluding tert-OH is 1. The van der Waals surface area contributed by atoms with Crippen molar-refractivity contribution in [2.45, 2.75) is 44.8 Å². The first-order valence-electron chi connectivity index (χ1n) is 14.9. The fourth-order valence-corrected chi connectivity index (χ4v) is 5.96. The van der Waals surface area contributed by atoms with E-state index in [-0.39, 0.29) is 30.2 Å². The van der Waals surface area contributed by atoms with E-state index in [0.29, 0.717) is 53.6 Å². The van der Waals surface area contributed by atoms with Crippen molar-refractivity contribution in [2.75, 3.05) is 43.9 Å². The number of nitrogens with zero attached hydrogens (tertiary/aromatic N) is 4. The van der Waals surface area contributed by atoms with Crippen LogP contribution in [0, 0.1) is 0 Å². The summed E-state index contributed by atoms with van der Waals surface area (Å²) in [7, 11) is 3.47. The maximum atomic E-state index is 13.7. The van der Waals surface area contributed by atoms with Gasteiger partial charge in [-0.1, -0.05) is 24.3 Å². The van der Waals surface area contributed by atoms with Crippen molar-refractivity contribution in [3.8, 4) is 0 Å². The zero-order valence-electron chi connectivity index (χ0n) is 24.8. The van der Waals surface area contributed by atoms with Crippen LogP contribution < -0.4 is 10.2 Å². The Labute approximate surface area is 251 Å². The molecule has 222 valence electrons. The number of aliphatic hydroxyl groups is 1. The molecule has 1 unspecified atom stereocenters. The summed E-state index contributed by atoms with van der Waals surface area (Å²) < 4.78 is 0. The third kappa shape index (κ3) is 5.52. The molecule has 0 radical (unpaired) electrons. The molecule has 1 aliphatic carbocycles. The molecule has 9 nitrogen and oxygen atoms in total. The maximum absolute atomic E-state index is 13.7. The average Bonchev–Trinajstić information content (AvgIpc) is 3.88. The van der Waals surface area contributed by atoms with Crippen LogP contribution in [0.2, 0.25) is 0 Å². The van der Waals surface area contributed by atoms with Gasteiger partial charge in [0.15, 0.2) is 5.84 Å². The summed E-state index contributed by atoms with van der Waals surface area (Å²) in [6.07, 6.45) is 3.19. The van der Waals surface area contributed by atoms with Crippen molar-refractivity contribution in [2.24, 2.45) is 4.99 Å². The Morgan fingerprint density at radius 3 is 2.53 bits per heavy atom. The number of anilines is 2. The van der Waals surface area contributed by atoms with Crippen molar-refractivity contribution in [1.29, 1.82) is 0 Å². The lowest BCUT2D eigenvalue weighted by molar-refractivity contribution is -0.123. The molecule has 3 amide bonds. The molecule has 9 heteroatoms. The number of rotatable bonds is 7. The quantitative estimate of drug-likeness (QED) is 0.433. The number of carbonyl (C=O) groups excluding carboxylic acids is 3. The van der Waals surface area contributed by atoms with E-state index >= 15 is 0 Å². The number of amidine groups is 1. The van der Waals surface area contributed by atoms with Gasteiger partial charge in [0.25, 0.3) is 17.7 Å². The summed E-state index contributed by atoms with van der Waals surface area (Å²) in [5.41, 5.74) is 6.40. The minimum absolute atomic E-state index is 0.0655. The number of benzene rings is 3. The lowest BCUT2D eigenvalue weighted by atomic mass is 9.93. The molecular formula is C34H37N5O4. The summed E-state index contributed by atoms with van der Waals surface area (Å²) in [6, 6.07) is 18.4. The second-order valence-corrected chi connectivity index (χ2v) is 11.6. The molecule has 0 aromatic heterocycles. The van der Waals surface area contributed by atoms with Crippen molar-refractivity contribution in [3.63, 3.8) is 0 Å². The van der Waals surface area contributed by atoms with Gasteiger partial charge in [0.05, 0.1) is 12.6 Å². The van der Waals surface area contributed by atoms with Crippen LogP contribution in [-0.4, -0.2) is 72.2 Å². The number of hydrogen-bond acceptors (Lipinski definition) is 6. The summed E-state index contributed by atoms with van der Waals surface area (Å²) in [6.45, 7) is 3.12. The van der Waals surface area contributed by atoms with Crippen LogP contribution in [0.5, 0.6) is 0 Å². The number of amides is 3. The van der Waals surface area contributed by atoms with E-state index < -0.39 is 6.04 Å².